The van der Waals surface area contributed by atoms with Gasteiger partial charge in [-0.3, -0.25) is 0 Å². The van der Waals surface area contributed by atoms with E-state index in [4.69, 9.17) is 0 Å². The van der Waals surface area contributed by atoms with Gasteiger partial charge in [-0.1, -0.05) is 33.8 Å². The molecule has 0 spiro atoms. The Morgan fingerprint density at radius 3 is 2.50 bits per heavy atom. The largest absolute Gasteiger partial charge is 0.388 e. The summed E-state index contributed by atoms with van der Waals surface area (Å²) in [5.41, 5.74) is 1.86. The first-order valence-corrected chi connectivity index (χ1v) is 6.74. The van der Waals surface area contributed by atoms with Crippen LogP contribution in [-0.4, -0.2) is 11.2 Å². The third-order valence-corrected chi connectivity index (χ3v) is 6.59. The van der Waals surface area contributed by atoms with E-state index >= 15 is 0 Å². The molecule has 0 saturated heterocycles. The zero-order valence-corrected chi connectivity index (χ0v) is 10.8. The van der Waals surface area contributed by atoms with E-state index in [9.17, 15) is 5.11 Å². The average molecular weight is 220 g/mol. The Morgan fingerprint density at radius 1 is 1.19 bits per heavy atom. The van der Waals surface area contributed by atoms with E-state index in [1.807, 2.05) is 0 Å². The molecule has 0 aromatic heterocycles. The minimum absolute atomic E-state index is 0.125. The molecule has 0 aromatic carbocycles. The van der Waals surface area contributed by atoms with E-state index in [1.54, 1.807) is 0 Å². The molecule has 1 N–H and O–H groups in total. The van der Waals surface area contributed by atoms with Gasteiger partial charge < -0.3 is 5.11 Å². The molecule has 3 rings (SSSR count). The van der Waals surface area contributed by atoms with Crippen molar-refractivity contribution in [2.45, 2.75) is 59.0 Å². The highest BCUT2D eigenvalue weighted by atomic mass is 16.3. The van der Waals surface area contributed by atoms with Crippen molar-refractivity contribution < 1.29 is 5.11 Å². The summed E-state index contributed by atoms with van der Waals surface area (Å²) >= 11 is 0. The normalized spacial score (nSPS) is 54.1. The molecule has 0 radical (unpaired) electrons. The van der Waals surface area contributed by atoms with E-state index in [2.05, 4.69) is 27.4 Å². The maximum atomic E-state index is 10.7. The molecule has 1 heteroatoms. The van der Waals surface area contributed by atoms with Crippen molar-refractivity contribution in [1.29, 1.82) is 0 Å². The van der Waals surface area contributed by atoms with Crippen LogP contribution < -0.4 is 0 Å². The van der Waals surface area contributed by atoms with Crippen LogP contribution in [0.4, 0.5) is 0 Å². The highest BCUT2D eigenvalue weighted by molar-refractivity contribution is 5.34. The second-order valence-corrected chi connectivity index (χ2v) is 7.19. The van der Waals surface area contributed by atoms with Gasteiger partial charge in [-0.25, -0.2) is 0 Å². The second kappa shape index (κ2) is 2.75. The lowest BCUT2D eigenvalue weighted by molar-refractivity contribution is -0.124. The van der Waals surface area contributed by atoms with Gasteiger partial charge in [0.15, 0.2) is 0 Å². The summed E-state index contributed by atoms with van der Waals surface area (Å²) in [7, 11) is 0. The summed E-state index contributed by atoms with van der Waals surface area (Å²) in [4.78, 5) is 0. The summed E-state index contributed by atoms with van der Waals surface area (Å²) in [6.45, 7) is 11.4. The van der Waals surface area contributed by atoms with Crippen molar-refractivity contribution in [3.05, 3.63) is 12.2 Å². The molecule has 0 heterocycles. The van der Waals surface area contributed by atoms with Crippen molar-refractivity contribution >= 4 is 0 Å². The summed E-state index contributed by atoms with van der Waals surface area (Å²) in [6, 6.07) is 0. The topological polar surface area (TPSA) is 20.2 Å². The van der Waals surface area contributed by atoms with Crippen LogP contribution >= 0.6 is 0 Å². The first-order valence-electron chi connectivity index (χ1n) is 6.74. The van der Waals surface area contributed by atoms with Crippen LogP contribution in [0.3, 0.4) is 0 Å². The number of hydrogen-bond donors (Lipinski definition) is 1. The Bertz CT molecular complexity index is 356. The molecule has 3 fully saturated rings. The minimum Gasteiger partial charge on any atom is -0.388 e. The molecule has 0 aromatic rings. The summed E-state index contributed by atoms with van der Waals surface area (Å²) in [5, 5.41) is 10.7. The first-order chi connectivity index (χ1) is 7.37. The molecular formula is C15H24O. The zero-order valence-electron chi connectivity index (χ0n) is 10.8. The van der Waals surface area contributed by atoms with Crippen LogP contribution in [0.25, 0.3) is 0 Å². The van der Waals surface area contributed by atoms with Crippen LogP contribution in [0.5, 0.6) is 0 Å². The van der Waals surface area contributed by atoms with Crippen LogP contribution in [0, 0.1) is 22.2 Å². The molecule has 0 aliphatic heterocycles. The number of rotatable bonds is 0. The standard InChI is InChI=1S/C15H24O/c1-10-11-6-9-15(12(10)16)13(2,3)7-5-8-14(11,15)4/h11-12,16H,1,5-9H2,2-4H3/t11-,12?,14+,15+/m0/s1. The van der Waals surface area contributed by atoms with E-state index < -0.39 is 0 Å². The van der Waals surface area contributed by atoms with Gasteiger partial charge in [0.2, 0.25) is 0 Å². The number of hydrogen-bond acceptors (Lipinski definition) is 1. The molecule has 1 nitrogen and oxygen atoms in total. The SMILES string of the molecule is C=C1C(O)[C@@]23CC[C@@H]1[C@@]2(C)CCCC3(C)C. The van der Waals surface area contributed by atoms with Gasteiger partial charge in [0.05, 0.1) is 6.10 Å². The van der Waals surface area contributed by atoms with Gasteiger partial charge in [0.1, 0.15) is 0 Å². The van der Waals surface area contributed by atoms with Crippen molar-refractivity contribution in [3.8, 4) is 0 Å². The molecule has 3 saturated carbocycles. The first kappa shape index (κ1) is 10.8. The molecule has 2 bridgehead atoms. The van der Waals surface area contributed by atoms with Gasteiger partial charge in [0.25, 0.3) is 0 Å². The number of aliphatic hydroxyl groups is 1. The van der Waals surface area contributed by atoms with Crippen molar-refractivity contribution in [2.75, 3.05) is 0 Å². The fraction of sp³-hybridized carbons (Fsp3) is 0.867. The lowest BCUT2D eigenvalue weighted by Gasteiger charge is -2.57. The second-order valence-electron chi connectivity index (χ2n) is 7.19. The van der Waals surface area contributed by atoms with Gasteiger partial charge in [-0.15, -0.1) is 0 Å². The smallest absolute Gasteiger partial charge is 0.0817 e. The molecular weight excluding hydrogens is 196 g/mol. The Kier molecular flexibility index (Phi) is 1.86. The highest BCUT2D eigenvalue weighted by Crippen LogP contribution is 2.77. The molecule has 4 atom stereocenters. The molecule has 90 valence electrons. The quantitative estimate of drug-likeness (QED) is 0.619. The van der Waals surface area contributed by atoms with Crippen molar-refractivity contribution in [1.82, 2.24) is 0 Å². The Morgan fingerprint density at radius 2 is 1.88 bits per heavy atom. The average Bonchev–Trinajstić information content (AvgIpc) is 2.57. The van der Waals surface area contributed by atoms with Crippen LogP contribution in [0.1, 0.15) is 52.9 Å². The fourth-order valence-electron chi connectivity index (χ4n) is 5.84. The third-order valence-electron chi connectivity index (χ3n) is 6.59. The van der Waals surface area contributed by atoms with Gasteiger partial charge in [-0.2, -0.15) is 0 Å². The van der Waals surface area contributed by atoms with Crippen LogP contribution in [0.15, 0.2) is 12.2 Å². The summed E-state index contributed by atoms with van der Waals surface area (Å²) < 4.78 is 0. The highest BCUT2D eigenvalue weighted by Gasteiger charge is 2.73. The molecule has 16 heavy (non-hydrogen) atoms. The van der Waals surface area contributed by atoms with Gasteiger partial charge in [-0.05, 0) is 48.0 Å². The minimum atomic E-state index is -0.244. The van der Waals surface area contributed by atoms with E-state index in [-0.39, 0.29) is 16.9 Å². The van der Waals surface area contributed by atoms with E-state index in [0.717, 1.165) is 5.57 Å². The van der Waals surface area contributed by atoms with Crippen LogP contribution in [0.2, 0.25) is 0 Å². The molecule has 0 amide bonds. The zero-order chi connectivity index (χ0) is 11.8. The molecule has 3 aliphatic carbocycles. The van der Waals surface area contributed by atoms with Crippen molar-refractivity contribution in [2.24, 2.45) is 22.2 Å². The molecule has 1 unspecified atom stereocenters. The maximum absolute atomic E-state index is 10.7. The Balaban J connectivity index is 2.21. The van der Waals surface area contributed by atoms with E-state index in [0.29, 0.717) is 11.3 Å². The Labute approximate surface area is 98.9 Å². The summed E-state index contributed by atoms with van der Waals surface area (Å²) in [5.74, 6) is 0.585. The third kappa shape index (κ3) is 0.827. The van der Waals surface area contributed by atoms with E-state index in [1.165, 1.54) is 32.1 Å². The molecule has 3 aliphatic rings. The lowest BCUT2D eigenvalue weighted by atomic mass is 9.48. The lowest BCUT2D eigenvalue weighted by Crippen LogP contribution is -2.53. The van der Waals surface area contributed by atoms with Gasteiger partial charge in [0, 0.05) is 5.41 Å². The predicted octanol–water partition coefficient (Wildman–Crippen LogP) is 3.53. The predicted molar refractivity (Wildman–Crippen MR) is 66.0 cm³/mol. The van der Waals surface area contributed by atoms with Crippen molar-refractivity contribution in [3.63, 3.8) is 0 Å². The number of aliphatic hydroxyl groups excluding tert-OH is 1. The Hall–Kier alpha value is -0.300. The monoisotopic (exact) mass is 220 g/mol. The fourth-order valence-corrected chi connectivity index (χ4v) is 5.84. The van der Waals surface area contributed by atoms with Gasteiger partial charge >= 0.3 is 0 Å². The van der Waals surface area contributed by atoms with Crippen LogP contribution in [-0.2, 0) is 0 Å². The maximum Gasteiger partial charge on any atom is 0.0817 e. The summed E-state index contributed by atoms with van der Waals surface area (Å²) in [6.07, 6.45) is 6.10.